The molecule has 2 aromatic rings. The predicted molar refractivity (Wildman–Crippen MR) is 59.6 cm³/mol. The van der Waals surface area contributed by atoms with Gasteiger partial charge in [0.05, 0.1) is 19.2 Å². The molecule has 0 radical (unpaired) electrons. The monoisotopic (exact) mass is 247 g/mol. The van der Waals surface area contributed by atoms with Crippen molar-refractivity contribution in [2.24, 2.45) is 0 Å². The third-order valence-corrected chi connectivity index (χ3v) is 2.25. The van der Waals surface area contributed by atoms with E-state index in [0.29, 0.717) is 0 Å². The number of hydrogen-bond acceptors (Lipinski definition) is 3. The van der Waals surface area contributed by atoms with E-state index in [1.807, 2.05) is 6.07 Å². The Morgan fingerprint density at radius 3 is 2.89 bits per heavy atom. The van der Waals surface area contributed by atoms with Gasteiger partial charge in [0.25, 0.3) is 0 Å². The highest BCUT2D eigenvalue weighted by molar-refractivity contribution is 5.33. The van der Waals surface area contributed by atoms with Crippen LogP contribution in [0.4, 0.5) is 8.78 Å². The molecule has 0 saturated carbocycles. The minimum Gasteiger partial charge on any atom is -0.486 e. The molecule has 18 heavy (non-hydrogen) atoms. The molecule has 1 aromatic carbocycles. The molecular weight excluding hydrogens is 238 g/mol. The van der Waals surface area contributed by atoms with Crippen LogP contribution < -0.4 is 4.74 Å². The number of benzene rings is 1. The summed E-state index contributed by atoms with van der Waals surface area (Å²) < 4.78 is 39.2. The molecule has 90 valence electrons. The SMILES string of the molecule is [2H]c1cc(OCc2ccc(C#N)cc2F)c(F)cn1. The molecule has 0 aliphatic carbocycles. The van der Waals surface area contributed by atoms with Crippen molar-refractivity contribution >= 4 is 0 Å². The maximum atomic E-state index is 13.5. The topological polar surface area (TPSA) is 45.9 Å². The van der Waals surface area contributed by atoms with E-state index in [4.69, 9.17) is 11.4 Å². The molecule has 0 atom stereocenters. The van der Waals surface area contributed by atoms with E-state index in [1.54, 1.807) is 0 Å². The molecule has 1 heterocycles. The molecule has 0 unspecified atom stereocenters. The third-order valence-electron chi connectivity index (χ3n) is 2.25. The molecule has 1 aromatic heterocycles. The van der Waals surface area contributed by atoms with Gasteiger partial charge in [0.1, 0.15) is 12.4 Å². The number of aromatic nitrogens is 1. The van der Waals surface area contributed by atoms with E-state index in [2.05, 4.69) is 4.98 Å². The van der Waals surface area contributed by atoms with E-state index in [0.717, 1.165) is 18.3 Å². The fraction of sp³-hybridized carbons (Fsp3) is 0.0769. The largest absolute Gasteiger partial charge is 0.486 e. The van der Waals surface area contributed by atoms with Crippen molar-refractivity contribution in [1.82, 2.24) is 4.98 Å². The van der Waals surface area contributed by atoms with Gasteiger partial charge in [0, 0.05) is 17.8 Å². The lowest BCUT2D eigenvalue weighted by molar-refractivity contribution is 0.284. The van der Waals surface area contributed by atoms with Crippen LogP contribution in [-0.4, -0.2) is 4.98 Å². The second kappa shape index (κ2) is 5.23. The fourth-order valence-electron chi connectivity index (χ4n) is 1.32. The van der Waals surface area contributed by atoms with Crippen LogP contribution in [0.1, 0.15) is 12.5 Å². The Morgan fingerprint density at radius 1 is 1.33 bits per heavy atom. The number of rotatable bonds is 3. The van der Waals surface area contributed by atoms with Crippen molar-refractivity contribution in [3.05, 3.63) is 59.4 Å². The Morgan fingerprint density at radius 2 is 2.17 bits per heavy atom. The quantitative estimate of drug-likeness (QED) is 0.837. The van der Waals surface area contributed by atoms with Gasteiger partial charge in [0.2, 0.25) is 0 Å². The molecule has 0 saturated heterocycles. The van der Waals surface area contributed by atoms with Crippen molar-refractivity contribution in [3.63, 3.8) is 0 Å². The zero-order chi connectivity index (χ0) is 13.8. The molecule has 3 nitrogen and oxygen atoms in total. The van der Waals surface area contributed by atoms with E-state index < -0.39 is 11.6 Å². The first-order valence-corrected chi connectivity index (χ1v) is 5.03. The highest BCUT2D eigenvalue weighted by Gasteiger charge is 2.07. The van der Waals surface area contributed by atoms with Crippen molar-refractivity contribution < 1.29 is 14.9 Å². The van der Waals surface area contributed by atoms with Crippen molar-refractivity contribution in [1.29, 1.82) is 5.26 Å². The van der Waals surface area contributed by atoms with Gasteiger partial charge in [0.15, 0.2) is 11.6 Å². The normalized spacial score (nSPS) is 10.6. The first-order valence-electron chi connectivity index (χ1n) is 5.53. The Labute approximate surface area is 104 Å². The molecule has 0 spiro atoms. The van der Waals surface area contributed by atoms with Gasteiger partial charge in [-0.25, -0.2) is 8.78 Å². The second-order valence-corrected chi connectivity index (χ2v) is 3.45. The van der Waals surface area contributed by atoms with E-state index in [1.165, 1.54) is 12.1 Å². The van der Waals surface area contributed by atoms with Gasteiger partial charge in [-0.05, 0) is 12.1 Å². The van der Waals surface area contributed by atoms with Gasteiger partial charge >= 0.3 is 0 Å². The average Bonchev–Trinajstić information content (AvgIpc) is 2.40. The smallest absolute Gasteiger partial charge is 0.183 e. The highest BCUT2D eigenvalue weighted by Crippen LogP contribution is 2.17. The van der Waals surface area contributed by atoms with Crippen molar-refractivity contribution in [2.45, 2.75) is 6.61 Å². The van der Waals surface area contributed by atoms with E-state index in [-0.39, 0.29) is 29.7 Å². The molecular formula is C13H8F2N2O. The summed E-state index contributed by atoms with van der Waals surface area (Å²) in [5.74, 6) is -1.48. The van der Waals surface area contributed by atoms with Gasteiger partial charge in [-0.3, -0.25) is 4.98 Å². The maximum absolute atomic E-state index is 13.5. The molecule has 5 heteroatoms. The molecule has 0 aliphatic heterocycles. The van der Waals surface area contributed by atoms with Crippen molar-refractivity contribution in [2.75, 3.05) is 0 Å². The number of ether oxygens (including phenoxy) is 1. The maximum Gasteiger partial charge on any atom is 0.183 e. The van der Waals surface area contributed by atoms with Gasteiger partial charge in [-0.2, -0.15) is 5.26 Å². The fourth-order valence-corrected chi connectivity index (χ4v) is 1.32. The first kappa shape index (κ1) is 10.7. The molecule has 2 rings (SSSR count). The van der Waals surface area contributed by atoms with Crippen LogP contribution in [0.2, 0.25) is 0 Å². The number of nitriles is 1. The summed E-state index contributed by atoms with van der Waals surface area (Å²) in [6, 6.07) is 6.84. The Bertz CT molecular complexity index is 656. The number of pyridine rings is 1. The Hall–Kier alpha value is -2.48. The van der Waals surface area contributed by atoms with Crippen LogP contribution in [0.25, 0.3) is 0 Å². The summed E-state index contributed by atoms with van der Waals surface area (Å²) in [6.07, 6.45) is 0.726. The van der Waals surface area contributed by atoms with Crippen LogP contribution >= 0.6 is 0 Å². The lowest BCUT2D eigenvalue weighted by Crippen LogP contribution is -2.00. The van der Waals surface area contributed by atoms with Crippen LogP contribution in [0.3, 0.4) is 0 Å². The molecule has 0 bridgehead atoms. The number of nitrogens with zero attached hydrogens (tertiary/aromatic N) is 2. The Kier molecular flexibility index (Phi) is 3.10. The van der Waals surface area contributed by atoms with Crippen LogP contribution in [0.5, 0.6) is 5.75 Å². The summed E-state index contributed by atoms with van der Waals surface area (Å²) in [5, 5.41) is 8.60. The highest BCUT2D eigenvalue weighted by atomic mass is 19.1. The van der Waals surface area contributed by atoms with Gasteiger partial charge in [-0.15, -0.1) is 0 Å². The van der Waals surface area contributed by atoms with Crippen LogP contribution in [0, 0.1) is 23.0 Å². The van der Waals surface area contributed by atoms with E-state index in [9.17, 15) is 8.78 Å². The lowest BCUT2D eigenvalue weighted by Gasteiger charge is -2.07. The minimum atomic E-state index is -0.718. The van der Waals surface area contributed by atoms with Crippen LogP contribution in [-0.2, 0) is 6.61 Å². The minimum absolute atomic E-state index is 0.142. The number of halogens is 2. The van der Waals surface area contributed by atoms with Crippen LogP contribution in [0.15, 0.2) is 36.6 Å². The summed E-state index contributed by atoms with van der Waals surface area (Å²) >= 11 is 0. The standard InChI is InChI=1S/C13H8F2N2O/c14-11-5-9(6-16)1-2-10(11)8-18-13-3-4-17-7-12(13)15/h1-5,7H,8H2/i4D. The molecule has 0 N–H and O–H groups in total. The van der Waals surface area contributed by atoms with E-state index >= 15 is 0 Å². The number of hydrogen-bond donors (Lipinski definition) is 0. The summed E-state index contributed by atoms with van der Waals surface area (Å²) in [7, 11) is 0. The molecule has 0 aliphatic rings. The molecule has 0 fully saturated rings. The third kappa shape index (κ3) is 2.61. The van der Waals surface area contributed by atoms with Gasteiger partial charge < -0.3 is 4.74 Å². The summed E-state index contributed by atoms with van der Waals surface area (Å²) in [5.41, 5.74) is 0.395. The summed E-state index contributed by atoms with van der Waals surface area (Å²) in [4.78, 5) is 3.44. The van der Waals surface area contributed by atoms with Crippen molar-refractivity contribution in [3.8, 4) is 11.8 Å². The summed E-state index contributed by atoms with van der Waals surface area (Å²) in [6.45, 7) is -0.197. The average molecular weight is 247 g/mol. The second-order valence-electron chi connectivity index (χ2n) is 3.45. The molecule has 0 amide bonds. The Balaban J connectivity index is 2.15. The lowest BCUT2D eigenvalue weighted by atomic mass is 10.1. The zero-order valence-corrected chi connectivity index (χ0v) is 9.15. The first-order chi connectivity index (χ1) is 9.10. The zero-order valence-electron chi connectivity index (χ0n) is 10.2. The van der Waals surface area contributed by atoms with Gasteiger partial charge in [-0.1, -0.05) is 6.07 Å². The predicted octanol–water partition coefficient (Wildman–Crippen LogP) is 2.81.